The zero-order valence-electron chi connectivity index (χ0n) is 9.19. The molecule has 0 aromatic carbocycles. The molecule has 0 fully saturated rings. The molecule has 1 heterocycles. The molecule has 0 unspecified atom stereocenters. The van der Waals surface area contributed by atoms with E-state index < -0.39 is 0 Å². The molecule has 0 spiro atoms. The Morgan fingerprint density at radius 1 is 1.67 bits per heavy atom. The van der Waals surface area contributed by atoms with E-state index in [2.05, 4.69) is 18.5 Å². The highest BCUT2D eigenvalue weighted by molar-refractivity contribution is 5.86. The largest absolute Gasteiger partial charge is 0.441 e. The van der Waals surface area contributed by atoms with Crippen LogP contribution in [-0.4, -0.2) is 15.5 Å². The normalized spacial score (nSPS) is 10.0. The van der Waals surface area contributed by atoms with Crippen LogP contribution in [0.3, 0.4) is 0 Å². The first-order chi connectivity index (χ1) is 7.15. The summed E-state index contributed by atoms with van der Waals surface area (Å²) in [6.07, 6.45) is 5.42. The number of hydrogen-bond donors (Lipinski definition) is 0. The number of aryl methyl sites for hydroxylation is 1. The highest BCUT2D eigenvalue weighted by atomic mass is 16.5. The summed E-state index contributed by atoms with van der Waals surface area (Å²) in [6.45, 7) is 7.43. The van der Waals surface area contributed by atoms with Crippen LogP contribution in [0.25, 0.3) is 0 Å². The average Bonchev–Trinajstić information content (AvgIpc) is 2.62. The van der Waals surface area contributed by atoms with Crippen molar-refractivity contribution in [1.82, 2.24) is 9.55 Å². The lowest BCUT2D eigenvalue weighted by Crippen LogP contribution is -2.11. The molecule has 4 nitrogen and oxygen atoms in total. The van der Waals surface area contributed by atoms with Gasteiger partial charge in [0.25, 0.3) is 0 Å². The van der Waals surface area contributed by atoms with Crippen molar-refractivity contribution < 1.29 is 9.53 Å². The Morgan fingerprint density at radius 3 is 3.00 bits per heavy atom. The standard InChI is InChI=1S/C11H16N2O2/c1-4-5-10-12-6-7-13(10)8-15-11(14)9(2)3/h6-7H,2,4-5,8H2,1,3H3. The van der Waals surface area contributed by atoms with Gasteiger partial charge in [-0.3, -0.25) is 0 Å². The summed E-state index contributed by atoms with van der Waals surface area (Å²) < 4.78 is 6.84. The van der Waals surface area contributed by atoms with Crippen LogP contribution in [0.4, 0.5) is 0 Å². The first-order valence-corrected chi connectivity index (χ1v) is 4.97. The van der Waals surface area contributed by atoms with Gasteiger partial charge in [0, 0.05) is 24.4 Å². The SMILES string of the molecule is C=C(C)C(=O)OCn1ccnc1CCC. The molecule has 0 aliphatic heterocycles. The van der Waals surface area contributed by atoms with Crippen molar-refractivity contribution in [3.05, 3.63) is 30.4 Å². The minimum absolute atomic E-state index is 0.209. The van der Waals surface area contributed by atoms with Gasteiger partial charge >= 0.3 is 5.97 Å². The summed E-state index contributed by atoms with van der Waals surface area (Å²) in [4.78, 5) is 15.3. The number of carbonyl (C=O) groups is 1. The van der Waals surface area contributed by atoms with Crippen LogP contribution in [0, 0.1) is 0 Å². The fraction of sp³-hybridized carbons (Fsp3) is 0.455. The number of hydrogen-bond acceptors (Lipinski definition) is 3. The van der Waals surface area contributed by atoms with Gasteiger partial charge in [-0.1, -0.05) is 13.5 Å². The molecule has 0 amide bonds. The van der Waals surface area contributed by atoms with Crippen molar-refractivity contribution >= 4 is 5.97 Å². The second kappa shape index (κ2) is 5.34. The van der Waals surface area contributed by atoms with E-state index in [0.29, 0.717) is 5.57 Å². The molecular formula is C11H16N2O2. The number of ether oxygens (including phenoxy) is 1. The highest BCUT2D eigenvalue weighted by Crippen LogP contribution is 2.02. The molecule has 15 heavy (non-hydrogen) atoms. The Labute approximate surface area is 89.6 Å². The summed E-state index contributed by atoms with van der Waals surface area (Å²) in [7, 11) is 0. The molecule has 0 atom stereocenters. The maximum atomic E-state index is 11.2. The second-order valence-electron chi connectivity index (χ2n) is 3.40. The highest BCUT2D eigenvalue weighted by Gasteiger charge is 2.05. The van der Waals surface area contributed by atoms with Crippen LogP contribution >= 0.6 is 0 Å². The Bertz CT molecular complexity index is 355. The van der Waals surface area contributed by atoms with Gasteiger partial charge in [0.1, 0.15) is 5.82 Å². The van der Waals surface area contributed by atoms with Gasteiger partial charge in [-0.05, 0) is 13.3 Å². The third kappa shape index (κ3) is 3.23. The first-order valence-electron chi connectivity index (χ1n) is 4.97. The lowest BCUT2D eigenvalue weighted by molar-refractivity contribution is -0.142. The zero-order valence-corrected chi connectivity index (χ0v) is 9.19. The molecule has 0 saturated heterocycles. The van der Waals surface area contributed by atoms with E-state index in [9.17, 15) is 4.79 Å². The van der Waals surface area contributed by atoms with Crippen molar-refractivity contribution in [3.63, 3.8) is 0 Å². The monoisotopic (exact) mass is 208 g/mol. The molecular weight excluding hydrogens is 192 g/mol. The predicted molar refractivity (Wildman–Crippen MR) is 57.1 cm³/mol. The predicted octanol–water partition coefficient (Wildman–Crippen LogP) is 1.91. The van der Waals surface area contributed by atoms with E-state index >= 15 is 0 Å². The number of carbonyl (C=O) groups excluding carboxylic acids is 1. The first kappa shape index (κ1) is 11.5. The van der Waals surface area contributed by atoms with Crippen LogP contribution in [0.2, 0.25) is 0 Å². The Balaban J connectivity index is 2.53. The lowest BCUT2D eigenvalue weighted by atomic mass is 10.3. The fourth-order valence-electron chi connectivity index (χ4n) is 1.16. The number of imidazole rings is 1. The smallest absolute Gasteiger partial charge is 0.334 e. The van der Waals surface area contributed by atoms with Crippen LogP contribution in [0.5, 0.6) is 0 Å². The maximum Gasteiger partial charge on any atom is 0.334 e. The number of aromatic nitrogens is 2. The van der Waals surface area contributed by atoms with E-state index in [4.69, 9.17) is 4.74 Å². The van der Waals surface area contributed by atoms with Gasteiger partial charge in [0.15, 0.2) is 6.73 Å². The van der Waals surface area contributed by atoms with Crippen molar-refractivity contribution in [1.29, 1.82) is 0 Å². The van der Waals surface area contributed by atoms with Gasteiger partial charge < -0.3 is 9.30 Å². The molecule has 0 bridgehead atoms. The average molecular weight is 208 g/mol. The van der Waals surface area contributed by atoms with Gasteiger partial charge in [-0.15, -0.1) is 0 Å². The Morgan fingerprint density at radius 2 is 2.40 bits per heavy atom. The molecule has 1 rings (SSSR count). The van der Waals surface area contributed by atoms with Crippen LogP contribution in [0.1, 0.15) is 26.1 Å². The number of esters is 1. The van der Waals surface area contributed by atoms with E-state index in [1.807, 2.05) is 4.57 Å². The van der Waals surface area contributed by atoms with E-state index in [0.717, 1.165) is 18.7 Å². The molecule has 0 N–H and O–H groups in total. The quantitative estimate of drug-likeness (QED) is 0.548. The van der Waals surface area contributed by atoms with E-state index in [1.165, 1.54) is 0 Å². The number of nitrogens with zero attached hydrogens (tertiary/aromatic N) is 2. The van der Waals surface area contributed by atoms with Crippen LogP contribution in [-0.2, 0) is 22.7 Å². The molecule has 0 aliphatic rings. The molecule has 1 aromatic rings. The van der Waals surface area contributed by atoms with Crippen LogP contribution < -0.4 is 0 Å². The summed E-state index contributed by atoms with van der Waals surface area (Å²) in [5.74, 6) is 0.568. The Kier molecular flexibility index (Phi) is 4.09. The van der Waals surface area contributed by atoms with Crippen molar-refractivity contribution in [3.8, 4) is 0 Å². The lowest BCUT2D eigenvalue weighted by Gasteiger charge is -2.07. The molecule has 0 saturated carbocycles. The third-order valence-electron chi connectivity index (χ3n) is 1.96. The summed E-state index contributed by atoms with van der Waals surface area (Å²) in [5.41, 5.74) is 0.409. The van der Waals surface area contributed by atoms with Gasteiger partial charge in [-0.25, -0.2) is 9.78 Å². The van der Waals surface area contributed by atoms with E-state index in [1.54, 1.807) is 19.3 Å². The van der Waals surface area contributed by atoms with E-state index in [-0.39, 0.29) is 12.7 Å². The minimum Gasteiger partial charge on any atom is -0.441 e. The van der Waals surface area contributed by atoms with Gasteiger partial charge in [0.05, 0.1) is 0 Å². The minimum atomic E-state index is -0.369. The Hall–Kier alpha value is -1.58. The summed E-state index contributed by atoms with van der Waals surface area (Å²) >= 11 is 0. The number of rotatable bonds is 5. The molecule has 0 radical (unpaired) electrons. The molecule has 1 aromatic heterocycles. The molecule has 4 heteroatoms. The maximum absolute atomic E-state index is 11.2. The van der Waals surface area contributed by atoms with Crippen molar-refractivity contribution in [2.24, 2.45) is 0 Å². The van der Waals surface area contributed by atoms with Crippen molar-refractivity contribution in [2.75, 3.05) is 0 Å². The summed E-state index contributed by atoms with van der Waals surface area (Å²) in [6, 6.07) is 0. The van der Waals surface area contributed by atoms with Gasteiger partial charge in [-0.2, -0.15) is 0 Å². The third-order valence-corrected chi connectivity index (χ3v) is 1.96. The van der Waals surface area contributed by atoms with Crippen molar-refractivity contribution in [2.45, 2.75) is 33.4 Å². The van der Waals surface area contributed by atoms with Gasteiger partial charge in [0.2, 0.25) is 0 Å². The zero-order chi connectivity index (χ0) is 11.3. The molecule has 0 aliphatic carbocycles. The topological polar surface area (TPSA) is 44.1 Å². The second-order valence-corrected chi connectivity index (χ2v) is 3.40. The van der Waals surface area contributed by atoms with Crippen LogP contribution in [0.15, 0.2) is 24.5 Å². The fourth-order valence-corrected chi connectivity index (χ4v) is 1.16. The summed E-state index contributed by atoms with van der Waals surface area (Å²) in [5, 5.41) is 0. The molecule has 82 valence electrons.